The van der Waals surface area contributed by atoms with Crippen LogP contribution in [0, 0.1) is 6.92 Å². The topological polar surface area (TPSA) is 49.5 Å². The number of rotatable bonds is 4. The van der Waals surface area contributed by atoms with Crippen LogP contribution in [-0.2, 0) is 0 Å². The van der Waals surface area contributed by atoms with Crippen LogP contribution < -0.4 is 10.6 Å². The van der Waals surface area contributed by atoms with Gasteiger partial charge in [0.1, 0.15) is 0 Å². The van der Waals surface area contributed by atoms with Crippen molar-refractivity contribution >= 4 is 11.4 Å². The van der Waals surface area contributed by atoms with Crippen molar-refractivity contribution in [1.29, 1.82) is 0 Å². The largest absolute Gasteiger partial charge is 0.399 e. The molecule has 3 N–H and O–H groups in total. The van der Waals surface area contributed by atoms with Crippen LogP contribution >= 0.6 is 0 Å². The highest BCUT2D eigenvalue weighted by Crippen LogP contribution is 2.30. The van der Waals surface area contributed by atoms with Gasteiger partial charge in [0.25, 0.3) is 0 Å². The van der Waals surface area contributed by atoms with Gasteiger partial charge in [0, 0.05) is 24.0 Å². The molecule has 0 aromatic heterocycles. The van der Waals surface area contributed by atoms with Gasteiger partial charge in [0.05, 0.1) is 6.61 Å². The lowest BCUT2D eigenvalue weighted by molar-refractivity contribution is 0.290. The summed E-state index contributed by atoms with van der Waals surface area (Å²) in [4.78, 5) is 2.35. The van der Waals surface area contributed by atoms with Gasteiger partial charge >= 0.3 is 0 Å². The second-order valence-corrected chi connectivity index (χ2v) is 5.25. The fraction of sp³-hybridized carbons (Fsp3) is 0.600. The van der Waals surface area contributed by atoms with Gasteiger partial charge in [-0.3, -0.25) is 0 Å². The fourth-order valence-electron chi connectivity index (χ4n) is 2.94. The molecule has 0 unspecified atom stereocenters. The summed E-state index contributed by atoms with van der Waals surface area (Å²) in [5.41, 5.74) is 9.13. The average Bonchev–Trinajstić information content (AvgIpc) is 2.40. The van der Waals surface area contributed by atoms with Gasteiger partial charge in [-0.1, -0.05) is 25.3 Å². The number of benzene rings is 1. The predicted octanol–water partition coefficient (Wildman–Crippen LogP) is 2.71. The van der Waals surface area contributed by atoms with Gasteiger partial charge in [-0.15, -0.1) is 0 Å². The lowest BCUT2D eigenvalue weighted by Crippen LogP contribution is -2.39. The third-order valence-electron chi connectivity index (χ3n) is 3.90. The van der Waals surface area contributed by atoms with Crippen molar-refractivity contribution in [2.45, 2.75) is 45.1 Å². The molecule has 1 aromatic carbocycles. The molecule has 0 spiro atoms. The first-order valence-corrected chi connectivity index (χ1v) is 6.96. The summed E-state index contributed by atoms with van der Waals surface area (Å²) >= 11 is 0. The molecule has 0 atom stereocenters. The maximum Gasteiger partial charge on any atom is 0.0606 e. The molecule has 2 rings (SSSR count). The SMILES string of the molecule is Cc1ccc(N)cc1N(CCO)C1CCCCC1. The molecule has 18 heavy (non-hydrogen) atoms. The average molecular weight is 248 g/mol. The summed E-state index contributed by atoms with van der Waals surface area (Å²) in [6.07, 6.45) is 6.41. The lowest BCUT2D eigenvalue weighted by atomic mass is 9.93. The summed E-state index contributed by atoms with van der Waals surface area (Å²) < 4.78 is 0. The van der Waals surface area contributed by atoms with Gasteiger partial charge < -0.3 is 15.7 Å². The van der Waals surface area contributed by atoms with Crippen molar-refractivity contribution in [2.75, 3.05) is 23.8 Å². The predicted molar refractivity (Wildman–Crippen MR) is 76.9 cm³/mol. The first-order chi connectivity index (χ1) is 8.72. The van der Waals surface area contributed by atoms with Crippen LogP contribution in [0.1, 0.15) is 37.7 Å². The number of nitrogens with zero attached hydrogens (tertiary/aromatic N) is 1. The molecule has 1 saturated carbocycles. The first-order valence-electron chi connectivity index (χ1n) is 6.96. The quantitative estimate of drug-likeness (QED) is 0.805. The summed E-state index contributed by atoms with van der Waals surface area (Å²) in [6, 6.07) is 6.61. The summed E-state index contributed by atoms with van der Waals surface area (Å²) in [5.74, 6) is 0. The Balaban J connectivity index is 2.24. The molecular weight excluding hydrogens is 224 g/mol. The van der Waals surface area contributed by atoms with Crippen LogP contribution in [0.5, 0.6) is 0 Å². The molecule has 1 aliphatic rings. The van der Waals surface area contributed by atoms with E-state index >= 15 is 0 Å². The second-order valence-electron chi connectivity index (χ2n) is 5.25. The Kier molecular flexibility index (Phi) is 4.48. The second kappa shape index (κ2) is 6.10. The van der Waals surface area contributed by atoms with Crippen molar-refractivity contribution in [3.05, 3.63) is 23.8 Å². The number of aliphatic hydroxyl groups is 1. The summed E-state index contributed by atoms with van der Waals surface area (Å²) in [5, 5.41) is 9.32. The van der Waals surface area contributed by atoms with Crippen molar-refractivity contribution in [3.8, 4) is 0 Å². The first kappa shape index (κ1) is 13.2. The maximum atomic E-state index is 9.32. The van der Waals surface area contributed by atoms with Crippen molar-refractivity contribution < 1.29 is 5.11 Å². The number of hydrogen-bond acceptors (Lipinski definition) is 3. The van der Waals surface area contributed by atoms with E-state index < -0.39 is 0 Å². The van der Waals surface area contributed by atoms with Crippen LogP contribution in [0.15, 0.2) is 18.2 Å². The van der Waals surface area contributed by atoms with Gasteiger partial charge in [-0.25, -0.2) is 0 Å². The highest BCUT2D eigenvalue weighted by Gasteiger charge is 2.22. The number of nitrogen functional groups attached to an aromatic ring is 1. The molecule has 3 heteroatoms. The normalized spacial score (nSPS) is 16.8. The third-order valence-corrected chi connectivity index (χ3v) is 3.90. The lowest BCUT2D eigenvalue weighted by Gasteiger charge is -2.36. The number of nitrogens with two attached hydrogens (primary N) is 1. The molecule has 100 valence electrons. The fourth-order valence-corrected chi connectivity index (χ4v) is 2.94. The van der Waals surface area contributed by atoms with E-state index in [0.717, 1.165) is 5.69 Å². The van der Waals surface area contributed by atoms with Crippen molar-refractivity contribution in [2.24, 2.45) is 0 Å². The number of aryl methyl sites for hydroxylation is 1. The minimum atomic E-state index is 0.199. The number of aliphatic hydroxyl groups excluding tert-OH is 1. The Morgan fingerprint density at radius 3 is 2.67 bits per heavy atom. The molecule has 0 aliphatic heterocycles. The van der Waals surface area contributed by atoms with Crippen molar-refractivity contribution in [1.82, 2.24) is 0 Å². The minimum Gasteiger partial charge on any atom is -0.399 e. The monoisotopic (exact) mass is 248 g/mol. The van der Waals surface area contributed by atoms with Crippen LogP contribution in [0.25, 0.3) is 0 Å². The molecule has 0 amide bonds. The van der Waals surface area contributed by atoms with Crippen LogP contribution in [0.4, 0.5) is 11.4 Å². The zero-order chi connectivity index (χ0) is 13.0. The van der Waals surface area contributed by atoms with Crippen LogP contribution in [-0.4, -0.2) is 24.3 Å². The third kappa shape index (κ3) is 2.96. The smallest absolute Gasteiger partial charge is 0.0606 e. The van der Waals surface area contributed by atoms with Gasteiger partial charge in [0.2, 0.25) is 0 Å². The van der Waals surface area contributed by atoms with E-state index in [2.05, 4.69) is 17.9 Å². The molecule has 0 heterocycles. The van der Waals surface area contributed by atoms with E-state index in [9.17, 15) is 5.11 Å². The zero-order valence-electron chi connectivity index (χ0n) is 11.2. The van der Waals surface area contributed by atoms with Gasteiger partial charge in [0.15, 0.2) is 0 Å². The Hall–Kier alpha value is -1.22. The van der Waals surface area contributed by atoms with E-state index in [-0.39, 0.29) is 6.61 Å². The molecule has 3 nitrogen and oxygen atoms in total. The maximum absolute atomic E-state index is 9.32. The molecule has 1 aromatic rings. The summed E-state index contributed by atoms with van der Waals surface area (Å²) in [6.45, 7) is 3.02. The Bertz CT molecular complexity index is 386. The van der Waals surface area contributed by atoms with E-state index in [1.165, 1.54) is 43.4 Å². The Morgan fingerprint density at radius 2 is 2.00 bits per heavy atom. The molecular formula is C15H24N2O. The molecule has 0 bridgehead atoms. The zero-order valence-corrected chi connectivity index (χ0v) is 11.2. The summed E-state index contributed by atoms with van der Waals surface area (Å²) in [7, 11) is 0. The van der Waals surface area contributed by atoms with E-state index in [1.807, 2.05) is 12.1 Å². The standard InChI is InChI=1S/C15H24N2O/c1-12-7-8-13(16)11-15(12)17(9-10-18)14-5-3-2-4-6-14/h7-8,11,14,18H,2-6,9-10,16H2,1H3. The van der Waals surface area contributed by atoms with E-state index in [0.29, 0.717) is 12.6 Å². The molecule has 0 radical (unpaired) electrons. The van der Waals surface area contributed by atoms with Gasteiger partial charge in [-0.05, 0) is 37.5 Å². The molecule has 1 fully saturated rings. The van der Waals surface area contributed by atoms with Crippen molar-refractivity contribution in [3.63, 3.8) is 0 Å². The highest BCUT2D eigenvalue weighted by atomic mass is 16.3. The van der Waals surface area contributed by atoms with Crippen LogP contribution in [0.3, 0.4) is 0 Å². The molecule has 1 aliphatic carbocycles. The number of anilines is 2. The van der Waals surface area contributed by atoms with Gasteiger partial charge in [-0.2, -0.15) is 0 Å². The van der Waals surface area contributed by atoms with E-state index in [4.69, 9.17) is 5.73 Å². The Morgan fingerprint density at radius 1 is 1.28 bits per heavy atom. The van der Waals surface area contributed by atoms with E-state index in [1.54, 1.807) is 0 Å². The Labute approximate surface area is 110 Å². The highest BCUT2D eigenvalue weighted by molar-refractivity contribution is 5.61. The van der Waals surface area contributed by atoms with Crippen LogP contribution in [0.2, 0.25) is 0 Å². The minimum absolute atomic E-state index is 0.199. The number of hydrogen-bond donors (Lipinski definition) is 2. The molecule has 0 saturated heterocycles.